The van der Waals surface area contributed by atoms with Gasteiger partial charge in [0.2, 0.25) is 0 Å². The number of aliphatic hydroxyl groups excluding tert-OH is 1. The highest BCUT2D eigenvalue weighted by Crippen LogP contribution is 2.30. The molecule has 0 bridgehead atoms. The topological polar surface area (TPSA) is 102 Å². The van der Waals surface area contributed by atoms with E-state index in [2.05, 4.69) is 0 Å². The monoisotopic (exact) mass is 401 g/mol. The Morgan fingerprint density at radius 2 is 2.07 bits per heavy atom. The van der Waals surface area contributed by atoms with E-state index < -0.39 is 36.0 Å². The molecule has 154 valence electrons. The van der Waals surface area contributed by atoms with Gasteiger partial charge in [0.15, 0.2) is 18.0 Å². The average Bonchev–Trinajstić information content (AvgIpc) is 3.12. The molecule has 2 aliphatic heterocycles. The van der Waals surface area contributed by atoms with Gasteiger partial charge in [-0.1, -0.05) is 30.3 Å². The molecule has 2 amide bonds. The minimum Gasteiger partial charge on any atom is -0.479 e. The second-order valence-electron chi connectivity index (χ2n) is 6.61. The number of ether oxygens (including phenoxy) is 3. The fourth-order valence-electron chi connectivity index (χ4n) is 3.24. The minimum absolute atomic E-state index is 0.0245. The van der Waals surface area contributed by atoms with Crippen LogP contribution >= 0.6 is 0 Å². The Morgan fingerprint density at radius 1 is 1.31 bits per heavy atom. The Morgan fingerprint density at radius 3 is 2.76 bits per heavy atom. The van der Waals surface area contributed by atoms with Crippen LogP contribution < -0.4 is 0 Å². The molecule has 2 heterocycles. The lowest BCUT2D eigenvalue weighted by Crippen LogP contribution is -2.51. The molecule has 1 aromatic carbocycles. The molecule has 3 atom stereocenters. The fraction of sp³-hybridized carbons (Fsp3) is 0.381. The van der Waals surface area contributed by atoms with Crippen molar-refractivity contribution in [2.75, 3.05) is 20.3 Å². The summed E-state index contributed by atoms with van der Waals surface area (Å²) >= 11 is 0. The number of methoxy groups -OCH3 is 1. The quantitative estimate of drug-likeness (QED) is 0.696. The number of amides is 2. The summed E-state index contributed by atoms with van der Waals surface area (Å²) in [5.41, 5.74) is 0.738. The molecule has 0 saturated carbocycles. The number of benzene rings is 1. The molecule has 0 aliphatic carbocycles. The van der Waals surface area contributed by atoms with Gasteiger partial charge in [-0.05, 0) is 36.6 Å². The summed E-state index contributed by atoms with van der Waals surface area (Å²) in [4.78, 5) is 38.8. The van der Waals surface area contributed by atoms with E-state index in [4.69, 9.17) is 19.3 Å². The number of hydrogen-bond acceptors (Lipinski definition) is 7. The molecule has 8 heteroatoms. The van der Waals surface area contributed by atoms with Crippen molar-refractivity contribution in [1.29, 1.82) is 0 Å². The number of unbranched alkanes of at least 4 members (excludes halogenated alkanes) is 1. The Hall–Kier alpha value is -2.97. The highest BCUT2D eigenvalue weighted by molar-refractivity contribution is 6.03. The molecule has 29 heavy (non-hydrogen) atoms. The van der Waals surface area contributed by atoms with Crippen LogP contribution in [-0.2, 0) is 23.8 Å². The van der Waals surface area contributed by atoms with Crippen LogP contribution in [0.15, 0.2) is 54.3 Å². The van der Waals surface area contributed by atoms with Gasteiger partial charge in [-0.2, -0.15) is 0 Å². The zero-order valence-corrected chi connectivity index (χ0v) is 16.0. The maximum atomic E-state index is 13.2. The predicted octanol–water partition coefficient (Wildman–Crippen LogP) is 1.90. The molecular formula is C21H23NO7. The Bertz CT molecular complexity index is 818. The van der Waals surface area contributed by atoms with E-state index >= 15 is 0 Å². The molecule has 0 spiro atoms. The third-order valence-corrected chi connectivity index (χ3v) is 4.73. The van der Waals surface area contributed by atoms with E-state index in [-0.39, 0.29) is 13.2 Å². The van der Waals surface area contributed by atoms with Crippen LogP contribution in [0.4, 0.5) is 4.79 Å². The fourth-order valence-corrected chi connectivity index (χ4v) is 3.24. The van der Waals surface area contributed by atoms with Gasteiger partial charge in [0.1, 0.15) is 18.4 Å². The average molecular weight is 401 g/mol. The van der Waals surface area contributed by atoms with Gasteiger partial charge < -0.3 is 19.3 Å². The number of carbonyl (C=O) groups excluding carboxylic acids is 3. The first-order valence-corrected chi connectivity index (χ1v) is 9.34. The smallest absolute Gasteiger partial charge is 0.417 e. The number of rotatable bonds is 7. The van der Waals surface area contributed by atoms with Crippen molar-refractivity contribution < 1.29 is 33.7 Å². The molecule has 1 saturated heterocycles. The number of imide groups is 1. The number of carbonyl (C=O) groups is 3. The first-order chi connectivity index (χ1) is 14.1. The van der Waals surface area contributed by atoms with E-state index in [0.717, 1.165) is 10.5 Å². The Labute approximate surface area is 168 Å². The molecule has 8 nitrogen and oxygen atoms in total. The molecule has 0 radical (unpaired) electrons. The maximum absolute atomic E-state index is 13.2. The molecule has 2 aliphatic rings. The first-order valence-electron chi connectivity index (χ1n) is 9.34. The van der Waals surface area contributed by atoms with Crippen molar-refractivity contribution in [2.24, 2.45) is 0 Å². The van der Waals surface area contributed by atoms with Crippen molar-refractivity contribution in [3.63, 3.8) is 0 Å². The van der Waals surface area contributed by atoms with Crippen LogP contribution in [0.1, 0.15) is 24.4 Å². The maximum Gasteiger partial charge on any atom is 0.417 e. The van der Waals surface area contributed by atoms with Crippen LogP contribution in [0.2, 0.25) is 0 Å². The standard InChI is InChI=1S/C21H23NO7/c1-27-19(18-17(24)11-10-15(29-18)9-5-6-12-23)20(25)22-16(13-28-21(22)26)14-7-3-2-4-8-14/h2-4,7-11,16,18-19,23H,5-6,12-13H2,1H3/t16-,18-,19+/m0/s1. The summed E-state index contributed by atoms with van der Waals surface area (Å²) in [5, 5.41) is 8.90. The third-order valence-electron chi connectivity index (χ3n) is 4.73. The second kappa shape index (κ2) is 9.49. The normalized spacial score (nSPS) is 23.8. The number of hydrogen-bond donors (Lipinski definition) is 1. The molecule has 0 unspecified atom stereocenters. The largest absolute Gasteiger partial charge is 0.479 e. The predicted molar refractivity (Wildman–Crippen MR) is 102 cm³/mol. The highest BCUT2D eigenvalue weighted by Gasteiger charge is 2.46. The van der Waals surface area contributed by atoms with Crippen molar-refractivity contribution in [3.8, 4) is 0 Å². The second-order valence-corrected chi connectivity index (χ2v) is 6.61. The van der Waals surface area contributed by atoms with Crippen molar-refractivity contribution in [1.82, 2.24) is 4.90 Å². The van der Waals surface area contributed by atoms with Crippen LogP contribution in [0.3, 0.4) is 0 Å². The van der Waals surface area contributed by atoms with E-state index in [1.807, 2.05) is 6.07 Å². The lowest BCUT2D eigenvalue weighted by Gasteiger charge is -2.30. The molecule has 1 fully saturated rings. The minimum atomic E-state index is -1.31. The van der Waals surface area contributed by atoms with Crippen LogP contribution in [-0.4, -0.2) is 60.3 Å². The number of cyclic esters (lactones) is 1. The summed E-state index contributed by atoms with van der Waals surface area (Å²) in [5.74, 6) is -0.734. The Balaban J connectivity index is 1.82. The lowest BCUT2D eigenvalue weighted by atomic mass is 10.0. The van der Waals surface area contributed by atoms with Gasteiger partial charge in [0, 0.05) is 13.7 Å². The zero-order chi connectivity index (χ0) is 20.8. The summed E-state index contributed by atoms with van der Waals surface area (Å²) in [7, 11) is 1.28. The van der Waals surface area contributed by atoms with Gasteiger partial charge >= 0.3 is 6.09 Å². The van der Waals surface area contributed by atoms with E-state index in [1.54, 1.807) is 30.3 Å². The third kappa shape index (κ3) is 4.55. The molecule has 0 aromatic heterocycles. The first kappa shape index (κ1) is 20.8. The van der Waals surface area contributed by atoms with E-state index in [9.17, 15) is 14.4 Å². The van der Waals surface area contributed by atoms with Crippen molar-refractivity contribution in [3.05, 3.63) is 59.9 Å². The number of allylic oxidation sites excluding steroid dienone is 2. The summed E-state index contributed by atoms with van der Waals surface area (Å²) in [6, 6.07) is 8.41. The zero-order valence-electron chi connectivity index (χ0n) is 16.0. The Kier molecular flexibility index (Phi) is 6.79. The number of ketones is 1. The van der Waals surface area contributed by atoms with Gasteiger partial charge in [0.25, 0.3) is 5.91 Å². The summed E-state index contributed by atoms with van der Waals surface area (Å²) < 4.78 is 16.1. The number of aliphatic hydroxyl groups is 1. The SMILES string of the molecule is CO[C@@H](C(=O)N1C(=O)OC[C@H]1c1ccccc1)[C@H]1OC(=CCCCO)C=CC1=O. The van der Waals surface area contributed by atoms with Crippen LogP contribution in [0.25, 0.3) is 0 Å². The summed E-state index contributed by atoms with van der Waals surface area (Å²) in [6.45, 7) is 0.0592. The van der Waals surface area contributed by atoms with Gasteiger partial charge in [0.05, 0.1) is 0 Å². The van der Waals surface area contributed by atoms with Gasteiger partial charge in [-0.25, -0.2) is 9.69 Å². The van der Waals surface area contributed by atoms with Gasteiger partial charge in [-0.15, -0.1) is 0 Å². The molecule has 3 rings (SSSR count). The van der Waals surface area contributed by atoms with Crippen LogP contribution in [0, 0.1) is 0 Å². The van der Waals surface area contributed by atoms with Gasteiger partial charge in [-0.3, -0.25) is 9.59 Å². The van der Waals surface area contributed by atoms with Crippen molar-refractivity contribution in [2.45, 2.75) is 31.1 Å². The van der Waals surface area contributed by atoms with E-state index in [1.165, 1.54) is 19.3 Å². The van der Waals surface area contributed by atoms with Crippen molar-refractivity contribution >= 4 is 17.8 Å². The van der Waals surface area contributed by atoms with Crippen LogP contribution in [0.5, 0.6) is 0 Å². The molecular weight excluding hydrogens is 378 g/mol. The summed E-state index contributed by atoms with van der Waals surface area (Å²) in [6.07, 6.45) is 2.32. The molecule has 1 aromatic rings. The van der Waals surface area contributed by atoms with E-state index in [0.29, 0.717) is 18.6 Å². The lowest BCUT2D eigenvalue weighted by molar-refractivity contribution is -0.153. The number of nitrogens with zero attached hydrogens (tertiary/aromatic N) is 1. The highest BCUT2D eigenvalue weighted by atomic mass is 16.6. The molecule has 1 N–H and O–H groups in total.